The molecule has 0 aliphatic carbocycles. The van der Waals surface area contributed by atoms with E-state index in [1.165, 1.54) is 12.1 Å². The number of fused-ring (bicyclic) bond motifs is 1. The van der Waals surface area contributed by atoms with E-state index in [9.17, 15) is 9.18 Å². The molecule has 23 heavy (non-hydrogen) atoms. The van der Waals surface area contributed by atoms with Crippen LogP contribution in [0, 0.1) is 5.82 Å². The van der Waals surface area contributed by atoms with E-state index in [0.29, 0.717) is 5.69 Å². The number of nitrogens with one attached hydrogen (secondary N) is 1. The van der Waals surface area contributed by atoms with E-state index in [0.717, 1.165) is 29.7 Å². The maximum atomic E-state index is 12.9. The van der Waals surface area contributed by atoms with Gasteiger partial charge < -0.3 is 9.88 Å². The monoisotopic (exact) mass is 311 g/mol. The van der Waals surface area contributed by atoms with Crippen molar-refractivity contribution < 1.29 is 9.18 Å². The lowest BCUT2D eigenvalue weighted by molar-refractivity contribution is -0.116. The SMILES string of the molecule is CCCc1nc2ccccc2n1CC(=O)Nc1ccc(F)cc1. The molecule has 0 aliphatic heterocycles. The molecule has 5 heteroatoms. The van der Waals surface area contributed by atoms with Crippen LogP contribution in [0.25, 0.3) is 11.0 Å². The zero-order valence-corrected chi connectivity index (χ0v) is 12.9. The third-order valence-corrected chi connectivity index (χ3v) is 3.64. The van der Waals surface area contributed by atoms with Crippen molar-refractivity contribution in [3.8, 4) is 0 Å². The van der Waals surface area contributed by atoms with Gasteiger partial charge in [-0.2, -0.15) is 0 Å². The summed E-state index contributed by atoms with van der Waals surface area (Å²) in [7, 11) is 0. The number of aromatic nitrogens is 2. The molecule has 0 bridgehead atoms. The molecule has 0 atom stereocenters. The maximum Gasteiger partial charge on any atom is 0.244 e. The van der Waals surface area contributed by atoms with Crippen LogP contribution in [0.2, 0.25) is 0 Å². The van der Waals surface area contributed by atoms with Gasteiger partial charge in [-0.25, -0.2) is 9.37 Å². The molecule has 3 rings (SSSR count). The van der Waals surface area contributed by atoms with Crippen LogP contribution in [0.1, 0.15) is 19.2 Å². The smallest absolute Gasteiger partial charge is 0.244 e. The fourth-order valence-electron chi connectivity index (χ4n) is 2.59. The van der Waals surface area contributed by atoms with Crippen LogP contribution in [0.3, 0.4) is 0 Å². The number of aryl methyl sites for hydroxylation is 1. The summed E-state index contributed by atoms with van der Waals surface area (Å²) in [6.45, 7) is 2.27. The third kappa shape index (κ3) is 3.39. The van der Waals surface area contributed by atoms with Crippen molar-refractivity contribution in [2.75, 3.05) is 5.32 Å². The molecule has 118 valence electrons. The van der Waals surface area contributed by atoms with Gasteiger partial charge >= 0.3 is 0 Å². The van der Waals surface area contributed by atoms with Gasteiger partial charge in [0, 0.05) is 12.1 Å². The van der Waals surface area contributed by atoms with Gasteiger partial charge in [0.2, 0.25) is 5.91 Å². The van der Waals surface area contributed by atoms with Crippen molar-refractivity contribution in [1.82, 2.24) is 9.55 Å². The highest BCUT2D eigenvalue weighted by Crippen LogP contribution is 2.17. The lowest BCUT2D eigenvalue weighted by Crippen LogP contribution is -2.20. The fourth-order valence-corrected chi connectivity index (χ4v) is 2.59. The number of carbonyl (C=O) groups is 1. The van der Waals surface area contributed by atoms with Crippen molar-refractivity contribution >= 4 is 22.6 Å². The van der Waals surface area contributed by atoms with E-state index in [-0.39, 0.29) is 18.3 Å². The third-order valence-electron chi connectivity index (χ3n) is 3.64. The van der Waals surface area contributed by atoms with Gasteiger partial charge in [-0.3, -0.25) is 4.79 Å². The quantitative estimate of drug-likeness (QED) is 0.779. The van der Waals surface area contributed by atoms with Crippen molar-refractivity contribution in [3.05, 3.63) is 60.2 Å². The second-order valence-electron chi connectivity index (χ2n) is 5.41. The summed E-state index contributed by atoms with van der Waals surface area (Å²) in [5.41, 5.74) is 2.42. The number of rotatable bonds is 5. The van der Waals surface area contributed by atoms with Crippen LogP contribution in [-0.4, -0.2) is 15.5 Å². The molecule has 1 aromatic heterocycles. The number of imidazole rings is 1. The molecule has 2 aromatic carbocycles. The number of halogens is 1. The van der Waals surface area contributed by atoms with E-state index < -0.39 is 0 Å². The Hall–Kier alpha value is -2.69. The minimum absolute atomic E-state index is 0.155. The Balaban J connectivity index is 1.83. The minimum atomic E-state index is -0.325. The zero-order valence-electron chi connectivity index (χ0n) is 12.9. The van der Waals surface area contributed by atoms with Crippen molar-refractivity contribution in [2.45, 2.75) is 26.3 Å². The van der Waals surface area contributed by atoms with Gasteiger partial charge in [-0.1, -0.05) is 19.1 Å². The predicted octanol–water partition coefficient (Wildman–Crippen LogP) is 3.77. The molecule has 0 spiro atoms. The summed E-state index contributed by atoms with van der Waals surface area (Å²) < 4.78 is 14.9. The first-order chi connectivity index (χ1) is 11.2. The molecule has 0 fully saturated rings. The summed E-state index contributed by atoms with van der Waals surface area (Å²) in [4.78, 5) is 16.9. The topological polar surface area (TPSA) is 46.9 Å². The molecule has 1 heterocycles. The Morgan fingerprint density at radius 1 is 1.17 bits per heavy atom. The van der Waals surface area contributed by atoms with Gasteiger partial charge in [0.15, 0.2) is 0 Å². The van der Waals surface area contributed by atoms with Gasteiger partial charge in [-0.15, -0.1) is 0 Å². The van der Waals surface area contributed by atoms with E-state index in [1.807, 2.05) is 28.8 Å². The number of hydrogen-bond donors (Lipinski definition) is 1. The highest BCUT2D eigenvalue weighted by atomic mass is 19.1. The van der Waals surface area contributed by atoms with E-state index in [2.05, 4.69) is 17.2 Å². The number of carbonyl (C=O) groups excluding carboxylic acids is 1. The lowest BCUT2D eigenvalue weighted by atomic mass is 10.3. The number of amides is 1. The summed E-state index contributed by atoms with van der Waals surface area (Å²) in [5, 5.41) is 2.79. The highest BCUT2D eigenvalue weighted by Gasteiger charge is 2.13. The standard InChI is InChI=1S/C18H18FN3O/c1-2-5-17-21-15-6-3-4-7-16(15)22(17)12-18(23)20-14-10-8-13(19)9-11-14/h3-4,6-11H,2,5,12H2,1H3,(H,20,23). The number of benzene rings is 2. The molecule has 0 unspecified atom stereocenters. The molecule has 0 saturated heterocycles. The van der Waals surface area contributed by atoms with E-state index >= 15 is 0 Å². The summed E-state index contributed by atoms with van der Waals surface area (Å²) >= 11 is 0. The molecular formula is C18H18FN3O. The number of hydrogen-bond acceptors (Lipinski definition) is 2. The first-order valence-corrected chi connectivity index (χ1v) is 7.67. The Kier molecular flexibility index (Phi) is 4.37. The van der Waals surface area contributed by atoms with Crippen molar-refractivity contribution in [1.29, 1.82) is 0 Å². The second-order valence-corrected chi connectivity index (χ2v) is 5.41. The first kappa shape index (κ1) is 15.2. The Morgan fingerprint density at radius 3 is 2.65 bits per heavy atom. The molecule has 0 radical (unpaired) electrons. The van der Waals surface area contributed by atoms with Crippen LogP contribution >= 0.6 is 0 Å². The Morgan fingerprint density at radius 2 is 1.91 bits per heavy atom. The molecule has 1 amide bonds. The number of para-hydroxylation sites is 2. The van der Waals surface area contributed by atoms with Crippen molar-refractivity contribution in [3.63, 3.8) is 0 Å². The summed E-state index contributed by atoms with van der Waals surface area (Å²) in [6.07, 6.45) is 1.78. The van der Waals surface area contributed by atoms with Gasteiger partial charge in [-0.05, 0) is 42.8 Å². The van der Waals surface area contributed by atoms with Gasteiger partial charge in [0.25, 0.3) is 0 Å². The molecule has 0 saturated carbocycles. The van der Waals surface area contributed by atoms with Crippen LogP contribution in [-0.2, 0) is 17.8 Å². The molecule has 1 N–H and O–H groups in total. The van der Waals surface area contributed by atoms with Crippen molar-refractivity contribution in [2.24, 2.45) is 0 Å². The predicted molar refractivity (Wildman–Crippen MR) is 88.8 cm³/mol. The molecule has 3 aromatic rings. The summed E-state index contributed by atoms with van der Waals surface area (Å²) in [6, 6.07) is 13.5. The normalized spacial score (nSPS) is 10.9. The van der Waals surface area contributed by atoms with Crippen LogP contribution in [0.4, 0.5) is 10.1 Å². The fraction of sp³-hybridized carbons (Fsp3) is 0.222. The number of anilines is 1. The molecule has 4 nitrogen and oxygen atoms in total. The average molecular weight is 311 g/mol. The van der Waals surface area contributed by atoms with Crippen LogP contribution in [0.15, 0.2) is 48.5 Å². The highest BCUT2D eigenvalue weighted by molar-refractivity contribution is 5.91. The number of nitrogens with zero attached hydrogens (tertiary/aromatic N) is 2. The molecule has 0 aliphatic rings. The van der Waals surface area contributed by atoms with Gasteiger partial charge in [0.05, 0.1) is 11.0 Å². The Labute approximate surface area is 134 Å². The zero-order chi connectivity index (χ0) is 16.2. The summed E-state index contributed by atoms with van der Waals surface area (Å²) in [5.74, 6) is 0.425. The largest absolute Gasteiger partial charge is 0.325 e. The first-order valence-electron chi connectivity index (χ1n) is 7.67. The Bertz CT molecular complexity index is 824. The van der Waals surface area contributed by atoms with E-state index in [1.54, 1.807) is 12.1 Å². The minimum Gasteiger partial charge on any atom is -0.325 e. The average Bonchev–Trinajstić information content (AvgIpc) is 2.88. The second kappa shape index (κ2) is 6.60. The van der Waals surface area contributed by atoms with E-state index in [4.69, 9.17) is 0 Å². The lowest BCUT2D eigenvalue weighted by Gasteiger charge is -2.09. The van der Waals surface area contributed by atoms with Gasteiger partial charge in [0.1, 0.15) is 18.2 Å². The molecular weight excluding hydrogens is 293 g/mol. The van der Waals surface area contributed by atoms with Crippen LogP contribution < -0.4 is 5.32 Å². The van der Waals surface area contributed by atoms with Crippen LogP contribution in [0.5, 0.6) is 0 Å². The maximum absolute atomic E-state index is 12.9.